The molecule has 0 radical (unpaired) electrons. The maximum atomic E-state index is 10.6. The van der Waals surface area contributed by atoms with Gasteiger partial charge in [0.1, 0.15) is 6.20 Å². The van der Waals surface area contributed by atoms with Gasteiger partial charge in [-0.3, -0.25) is 15.1 Å². The molecule has 76 valence electrons. The molecule has 0 aliphatic heterocycles. The van der Waals surface area contributed by atoms with Crippen LogP contribution in [-0.2, 0) is 0 Å². The van der Waals surface area contributed by atoms with Crippen LogP contribution in [0.1, 0.15) is 6.92 Å². The number of aromatic nitrogens is 1. The summed E-state index contributed by atoms with van der Waals surface area (Å²) in [5.41, 5.74) is 0.0365. The molecule has 0 spiro atoms. The Morgan fingerprint density at radius 3 is 3.07 bits per heavy atom. The lowest BCUT2D eigenvalue weighted by Crippen LogP contribution is -1.99. The van der Waals surface area contributed by atoms with Gasteiger partial charge in [-0.25, -0.2) is 0 Å². The summed E-state index contributed by atoms with van der Waals surface area (Å²) < 4.78 is 0. The number of pyridine rings is 1. The average Bonchev–Trinajstić information content (AvgIpc) is 2.18. The van der Waals surface area contributed by atoms with Gasteiger partial charge in [-0.1, -0.05) is 6.92 Å². The molecule has 4 nitrogen and oxygen atoms in total. The van der Waals surface area contributed by atoms with Gasteiger partial charge < -0.3 is 0 Å². The molecule has 1 unspecified atom stereocenters. The van der Waals surface area contributed by atoms with E-state index < -0.39 is 4.92 Å². The molecule has 1 aromatic rings. The predicted octanol–water partition coefficient (Wildman–Crippen LogP) is 2.71. The van der Waals surface area contributed by atoms with Crippen molar-refractivity contribution < 1.29 is 4.92 Å². The lowest BCUT2D eigenvalue weighted by molar-refractivity contribution is -0.388. The number of rotatable bonds is 4. The number of thioether (sulfide) groups is 1. The normalized spacial score (nSPS) is 12.4. The van der Waals surface area contributed by atoms with Crippen molar-refractivity contribution in [3.8, 4) is 0 Å². The first-order valence-electron chi connectivity index (χ1n) is 3.96. The van der Waals surface area contributed by atoms with Gasteiger partial charge in [0.05, 0.1) is 9.82 Å². The second-order valence-corrected chi connectivity index (χ2v) is 4.47. The number of hydrogen-bond donors (Lipinski definition) is 0. The molecule has 0 aliphatic carbocycles. The van der Waals surface area contributed by atoms with Crippen LogP contribution in [-0.4, -0.2) is 21.0 Å². The zero-order chi connectivity index (χ0) is 10.6. The van der Waals surface area contributed by atoms with E-state index in [9.17, 15) is 10.1 Å². The van der Waals surface area contributed by atoms with E-state index >= 15 is 0 Å². The quantitative estimate of drug-likeness (QED) is 0.347. The zero-order valence-corrected chi connectivity index (χ0v) is 9.09. The molecule has 0 aromatic carbocycles. The summed E-state index contributed by atoms with van der Waals surface area (Å²) in [5, 5.41) is 10.8. The van der Waals surface area contributed by atoms with Crippen molar-refractivity contribution in [2.24, 2.45) is 0 Å². The Hall–Kier alpha value is -0.810. The molecule has 1 aromatic heterocycles. The minimum absolute atomic E-state index is 0.0365. The van der Waals surface area contributed by atoms with Crippen LogP contribution in [0.4, 0.5) is 5.69 Å². The highest BCUT2D eigenvalue weighted by Gasteiger charge is 2.15. The fraction of sp³-hybridized carbons (Fsp3) is 0.375. The van der Waals surface area contributed by atoms with Gasteiger partial charge in [0.15, 0.2) is 0 Å². The number of nitro groups is 1. The largest absolute Gasteiger partial charge is 0.300 e. The molecule has 0 saturated carbocycles. The van der Waals surface area contributed by atoms with Crippen molar-refractivity contribution in [3.05, 3.63) is 28.6 Å². The van der Waals surface area contributed by atoms with Gasteiger partial charge in [0.25, 0.3) is 0 Å². The Morgan fingerprint density at radius 2 is 2.50 bits per heavy atom. The van der Waals surface area contributed by atoms with E-state index in [0.29, 0.717) is 10.8 Å². The number of halogens is 1. The lowest BCUT2D eigenvalue weighted by Gasteiger charge is -2.06. The number of alkyl halides is 1. The maximum Gasteiger partial charge on any atom is 0.300 e. The molecular formula is C8H9ClN2O2S. The molecule has 1 atom stereocenters. The summed E-state index contributed by atoms with van der Waals surface area (Å²) in [6, 6.07) is 1.63. The molecule has 0 fully saturated rings. The van der Waals surface area contributed by atoms with Gasteiger partial charge in [0.2, 0.25) is 0 Å². The Balaban J connectivity index is 2.90. The van der Waals surface area contributed by atoms with Crippen LogP contribution in [0.3, 0.4) is 0 Å². The van der Waals surface area contributed by atoms with Crippen molar-refractivity contribution in [1.82, 2.24) is 4.98 Å². The van der Waals surface area contributed by atoms with E-state index in [2.05, 4.69) is 4.98 Å². The summed E-state index contributed by atoms with van der Waals surface area (Å²) in [4.78, 5) is 14.5. The van der Waals surface area contributed by atoms with E-state index in [1.807, 2.05) is 6.92 Å². The summed E-state index contributed by atoms with van der Waals surface area (Å²) in [6.45, 7) is 1.92. The standard InChI is InChI=1S/C8H9ClN2O2S/c1-6(4-9)14-8-2-3-10-5-7(8)11(12)13/h2-3,5-6H,4H2,1H3. The SMILES string of the molecule is CC(CCl)Sc1ccncc1[N+](=O)[O-]. The van der Waals surface area contributed by atoms with E-state index in [0.717, 1.165) is 0 Å². The molecule has 1 rings (SSSR count). The molecule has 1 heterocycles. The van der Waals surface area contributed by atoms with Gasteiger partial charge in [-0.2, -0.15) is 0 Å². The molecule has 6 heteroatoms. The summed E-state index contributed by atoms with van der Waals surface area (Å²) >= 11 is 7.01. The smallest absolute Gasteiger partial charge is 0.258 e. The second-order valence-electron chi connectivity index (χ2n) is 2.68. The van der Waals surface area contributed by atoms with Crippen molar-refractivity contribution in [2.45, 2.75) is 17.1 Å². The van der Waals surface area contributed by atoms with Crippen LogP contribution in [0.5, 0.6) is 0 Å². The monoisotopic (exact) mass is 232 g/mol. The number of hydrogen-bond acceptors (Lipinski definition) is 4. The fourth-order valence-corrected chi connectivity index (χ4v) is 1.93. The summed E-state index contributed by atoms with van der Waals surface area (Å²) in [7, 11) is 0. The summed E-state index contributed by atoms with van der Waals surface area (Å²) in [6.07, 6.45) is 2.79. The van der Waals surface area contributed by atoms with E-state index in [1.165, 1.54) is 24.2 Å². The summed E-state index contributed by atoms with van der Waals surface area (Å²) in [5.74, 6) is 0.462. The molecule has 0 saturated heterocycles. The molecular weight excluding hydrogens is 224 g/mol. The average molecular weight is 233 g/mol. The molecule has 0 aliphatic rings. The predicted molar refractivity (Wildman–Crippen MR) is 56.9 cm³/mol. The first-order valence-corrected chi connectivity index (χ1v) is 5.37. The fourth-order valence-electron chi connectivity index (χ4n) is 0.858. The van der Waals surface area contributed by atoms with Gasteiger partial charge in [0, 0.05) is 17.3 Å². The lowest BCUT2D eigenvalue weighted by atomic mass is 10.4. The molecule has 14 heavy (non-hydrogen) atoms. The third-order valence-corrected chi connectivity index (χ3v) is 3.32. The van der Waals surface area contributed by atoms with Crippen molar-refractivity contribution >= 4 is 29.1 Å². The van der Waals surface area contributed by atoms with Crippen LogP contribution < -0.4 is 0 Å². The first-order chi connectivity index (χ1) is 6.65. The van der Waals surface area contributed by atoms with Crippen LogP contribution >= 0.6 is 23.4 Å². The van der Waals surface area contributed by atoms with Crippen LogP contribution in [0.2, 0.25) is 0 Å². The zero-order valence-electron chi connectivity index (χ0n) is 7.51. The van der Waals surface area contributed by atoms with Crippen molar-refractivity contribution in [1.29, 1.82) is 0 Å². The molecule has 0 N–H and O–H groups in total. The topological polar surface area (TPSA) is 56.0 Å². The first kappa shape index (κ1) is 11.3. The van der Waals surface area contributed by atoms with Crippen LogP contribution in [0.15, 0.2) is 23.4 Å². The Kier molecular flexibility index (Phi) is 4.16. The van der Waals surface area contributed by atoms with Gasteiger partial charge in [-0.15, -0.1) is 23.4 Å². The minimum atomic E-state index is -0.434. The molecule has 0 amide bonds. The maximum absolute atomic E-state index is 10.6. The van der Waals surface area contributed by atoms with E-state index in [-0.39, 0.29) is 10.9 Å². The highest BCUT2D eigenvalue weighted by Crippen LogP contribution is 2.31. The van der Waals surface area contributed by atoms with Crippen molar-refractivity contribution in [2.75, 3.05) is 5.88 Å². The van der Waals surface area contributed by atoms with Crippen molar-refractivity contribution in [3.63, 3.8) is 0 Å². The Bertz CT molecular complexity index is 335. The van der Waals surface area contributed by atoms with E-state index in [4.69, 9.17) is 11.6 Å². The third-order valence-electron chi connectivity index (χ3n) is 1.50. The van der Waals surface area contributed by atoms with Gasteiger partial charge in [-0.05, 0) is 6.07 Å². The van der Waals surface area contributed by atoms with Gasteiger partial charge >= 0.3 is 5.69 Å². The number of nitrogens with zero attached hydrogens (tertiary/aromatic N) is 2. The third kappa shape index (κ3) is 2.85. The van der Waals surface area contributed by atoms with Crippen LogP contribution in [0.25, 0.3) is 0 Å². The van der Waals surface area contributed by atoms with E-state index in [1.54, 1.807) is 6.07 Å². The Morgan fingerprint density at radius 1 is 1.79 bits per heavy atom. The Labute approximate surface area is 90.8 Å². The molecule has 0 bridgehead atoms. The highest BCUT2D eigenvalue weighted by molar-refractivity contribution is 8.00. The highest BCUT2D eigenvalue weighted by atomic mass is 35.5. The van der Waals surface area contributed by atoms with Crippen LogP contribution in [0, 0.1) is 10.1 Å². The minimum Gasteiger partial charge on any atom is -0.258 e. The second kappa shape index (κ2) is 5.17.